The molecule has 2 rings (SSSR count). The van der Waals surface area contributed by atoms with Gasteiger partial charge in [-0.25, -0.2) is 9.29 Å². The molecule has 0 spiro atoms. The van der Waals surface area contributed by atoms with Gasteiger partial charge in [0.15, 0.2) is 10.8 Å². The third-order valence-electron chi connectivity index (χ3n) is 3.38. The molecule has 3 N–H and O–H groups in total. The van der Waals surface area contributed by atoms with Gasteiger partial charge in [0.25, 0.3) is 11.8 Å². The van der Waals surface area contributed by atoms with Crippen LogP contribution < -0.4 is 10.6 Å². The van der Waals surface area contributed by atoms with Crippen LogP contribution in [-0.4, -0.2) is 100 Å². The van der Waals surface area contributed by atoms with Crippen molar-refractivity contribution in [2.24, 2.45) is 5.16 Å². The number of amides is 3. The number of halogens is 1. The molecule has 16 heteroatoms. The van der Waals surface area contributed by atoms with E-state index in [4.69, 9.17) is 16.2 Å². The van der Waals surface area contributed by atoms with Crippen LogP contribution in [0.15, 0.2) is 10.5 Å². The van der Waals surface area contributed by atoms with E-state index in [1.54, 1.807) is 0 Å². The molecular formula is C12H15ClN5NaO7S2. The van der Waals surface area contributed by atoms with Gasteiger partial charge in [-0.2, -0.15) is 8.42 Å². The van der Waals surface area contributed by atoms with Crippen molar-refractivity contribution in [1.82, 2.24) is 14.6 Å². The molecule has 1 aromatic heterocycles. The third kappa shape index (κ3) is 5.40. The summed E-state index contributed by atoms with van der Waals surface area (Å²) >= 11 is 6.39. The molecule has 1 saturated heterocycles. The third-order valence-corrected chi connectivity index (χ3v) is 5.39. The Balaban J connectivity index is 0.00000392. The van der Waals surface area contributed by atoms with Gasteiger partial charge in [-0.1, -0.05) is 5.16 Å². The van der Waals surface area contributed by atoms with E-state index in [9.17, 15) is 22.8 Å². The zero-order valence-corrected chi connectivity index (χ0v) is 16.3. The van der Waals surface area contributed by atoms with Gasteiger partial charge in [0.05, 0.1) is 6.04 Å². The number of nitrogens with zero attached hydrogens (tertiary/aromatic N) is 3. The first-order chi connectivity index (χ1) is 12.6. The molecule has 2 heterocycles. The maximum absolute atomic E-state index is 12.4. The van der Waals surface area contributed by atoms with E-state index >= 15 is 0 Å². The van der Waals surface area contributed by atoms with Crippen molar-refractivity contribution in [3.05, 3.63) is 11.1 Å². The van der Waals surface area contributed by atoms with Gasteiger partial charge in [0.1, 0.15) is 24.7 Å². The van der Waals surface area contributed by atoms with Crippen molar-refractivity contribution < 1.29 is 32.2 Å². The molecule has 1 aliphatic heterocycles. The second kappa shape index (κ2) is 9.96. The molecule has 150 valence electrons. The summed E-state index contributed by atoms with van der Waals surface area (Å²) in [4.78, 5) is 44.2. The van der Waals surface area contributed by atoms with Crippen LogP contribution in [0.4, 0.5) is 5.13 Å². The predicted molar refractivity (Wildman–Crippen MR) is 102 cm³/mol. The molecule has 2 unspecified atom stereocenters. The van der Waals surface area contributed by atoms with Gasteiger partial charge in [-0.3, -0.25) is 18.9 Å². The quantitative estimate of drug-likeness (QED) is 0.110. The summed E-state index contributed by atoms with van der Waals surface area (Å²) in [5.74, 6) is -2.63. The van der Waals surface area contributed by atoms with Crippen molar-refractivity contribution in [3.63, 3.8) is 0 Å². The van der Waals surface area contributed by atoms with Gasteiger partial charge < -0.3 is 15.5 Å². The molecule has 0 radical (unpaired) electrons. The normalized spacial score (nSPS) is 19.4. The number of hydrogen-bond acceptors (Lipinski definition) is 9. The molecule has 0 saturated carbocycles. The molecular weight excluding hydrogens is 449 g/mol. The molecule has 1 aliphatic rings. The minimum atomic E-state index is -4.71. The maximum atomic E-state index is 12.4. The van der Waals surface area contributed by atoms with Crippen molar-refractivity contribution in [3.8, 4) is 0 Å². The Kier molecular flexibility index (Phi) is 8.80. The molecule has 3 amide bonds. The summed E-state index contributed by atoms with van der Waals surface area (Å²) < 4.78 is 31.4. The first-order valence-electron chi connectivity index (χ1n) is 7.14. The van der Waals surface area contributed by atoms with E-state index in [-0.39, 0.29) is 56.3 Å². The van der Waals surface area contributed by atoms with Crippen molar-refractivity contribution >= 4 is 91.4 Å². The summed E-state index contributed by atoms with van der Waals surface area (Å²) in [5, 5.41) is 9.84. The SMILES string of the molecule is CO/N=C(\C(=O)NC1C(=O)N(S(=O)(=O)O)C1C)c1csc(NC(=O)CCl)n1.[NaH]. The fourth-order valence-corrected chi connectivity index (χ4v) is 3.86. The monoisotopic (exact) mass is 463 g/mol. The van der Waals surface area contributed by atoms with E-state index in [1.807, 2.05) is 0 Å². The van der Waals surface area contributed by atoms with E-state index in [0.29, 0.717) is 0 Å². The van der Waals surface area contributed by atoms with Crippen molar-refractivity contribution in [2.45, 2.75) is 19.0 Å². The van der Waals surface area contributed by atoms with Crippen LogP contribution >= 0.6 is 22.9 Å². The van der Waals surface area contributed by atoms with E-state index < -0.39 is 40.1 Å². The summed E-state index contributed by atoms with van der Waals surface area (Å²) in [6.45, 7) is 1.33. The number of carbonyl (C=O) groups is 3. The average Bonchev–Trinajstić information content (AvgIpc) is 3.04. The minimum absolute atomic E-state index is 0. The first kappa shape index (κ1) is 24.7. The summed E-state index contributed by atoms with van der Waals surface area (Å²) in [6, 6.07) is -2.18. The Bertz CT molecular complexity index is 906. The Morgan fingerprint density at radius 1 is 1.50 bits per heavy atom. The van der Waals surface area contributed by atoms with E-state index in [0.717, 1.165) is 11.3 Å². The molecule has 0 aliphatic carbocycles. The van der Waals surface area contributed by atoms with Gasteiger partial charge >= 0.3 is 39.9 Å². The fourth-order valence-electron chi connectivity index (χ4n) is 2.20. The van der Waals surface area contributed by atoms with Crippen LogP contribution in [-0.2, 0) is 29.5 Å². The predicted octanol–water partition coefficient (Wildman–Crippen LogP) is -1.46. The van der Waals surface area contributed by atoms with Crippen LogP contribution in [0.3, 0.4) is 0 Å². The number of alkyl halides is 1. The van der Waals surface area contributed by atoms with Crippen molar-refractivity contribution in [1.29, 1.82) is 0 Å². The van der Waals surface area contributed by atoms with Crippen LogP contribution in [0.5, 0.6) is 0 Å². The number of oxime groups is 1. The zero-order chi connectivity index (χ0) is 20.4. The molecule has 12 nitrogen and oxygen atoms in total. The van der Waals surface area contributed by atoms with Gasteiger partial charge in [-0.05, 0) is 6.92 Å². The molecule has 0 bridgehead atoms. The van der Waals surface area contributed by atoms with Gasteiger partial charge in [0.2, 0.25) is 5.91 Å². The number of carbonyl (C=O) groups excluding carboxylic acids is 3. The number of rotatable bonds is 7. The standard InChI is InChI=1S/C12H14ClN5O7S2.Na.H/c1-5-8(11(21)18(5)27(22,23)24)16-10(20)9(17-25-2)6-4-26-12(14-6)15-7(19)3-13;;/h4-5,8H,3H2,1-2H3,(H,16,20)(H,14,15,19)(H,22,23,24);;/b17-9-;;. The second-order valence-corrected chi connectivity index (χ2v) is 7.56. The topological polar surface area (TPSA) is 167 Å². The van der Waals surface area contributed by atoms with Crippen LogP contribution in [0.25, 0.3) is 0 Å². The zero-order valence-electron chi connectivity index (χ0n) is 13.9. The molecule has 2 atom stereocenters. The Labute approximate surface area is 190 Å². The molecule has 1 fully saturated rings. The van der Waals surface area contributed by atoms with Crippen LogP contribution in [0.1, 0.15) is 12.6 Å². The summed E-state index contributed by atoms with van der Waals surface area (Å²) in [7, 11) is -3.52. The fraction of sp³-hybridized carbons (Fsp3) is 0.417. The Hall–Kier alpha value is -1.29. The molecule has 0 aromatic carbocycles. The second-order valence-electron chi connectivity index (χ2n) is 5.15. The van der Waals surface area contributed by atoms with Gasteiger partial charge in [-0.15, -0.1) is 22.9 Å². The number of anilines is 1. The van der Waals surface area contributed by atoms with E-state index in [2.05, 4.69) is 25.6 Å². The van der Waals surface area contributed by atoms with Gasteiger partial charge in [0, 0.05) is 5.38 Å². The number of nitrogens with one attached hydrogen (secondary N) is 2. The number of β-lactam (4-membered cyclic amide) rings is 1. The van der Waals surface area contributed by atoms with Crippen LogP contribution in [0, 0.1) is 0 Å². The average molecular weight is 464 g/mol. The summed E-state index contributed by atoms with van der Waals surface area (Å²) in [5.41, 5.74) is -0.249. The molecule has 1 aromatic rings. The molecule has 28 heavy (non-hydrogen) atoms. The Morgan fingerprint density at radius 3 is 2.64 bits per heavy atom. The first-order valence-corrected chi connectivity index (χ1v) is 9.95. The van der Waals surface area contributed by atoms with Crippen LogP contribution in [0.2, 0.25) is 0 Å². The Morgan fingerprint density at radius 2 is 2.14 bits per heavy atom. The number of hydrogen-bond donors (Lipinski definition) is 3. The van der Waals surface area contributed by atoms with E-state index in [1.165, 1.54) is 19.4 Å². The van der Waals surface area contributed by atoms with Crippen molar-refractivity contribution in [2.75, 3.05) is 18.3 Å². The summed E-state index contributed by atoms with van der Waals surface area (Å²) in [6.07, 6.45) is 0. The number of thiazole rings is 1. The number of aromatic nitrogens is 1.